The summed E-state index contributed by atoms with van der Waals surface area (Å²) in [5, 5.41) is 4.16. The van der Waals surface area contributed by atoms with Gasteiger partial charge in [0.25, 0.3) is 0 Å². The van der Waals surface area contributed by atoms with E-state index in [-0.39, 0.29) is 0 Å². The van der Waals surface area contributed by atoms with E-state index in [4.69, 9.17) is 4.74 Å². The molecule has 2 atom stereocenters. The molecule has 0 bridgehead atoms. The number of hydrogen-bond donors (Lipinski definition) is 0. The molecule has 0 N–H and O–H groups in total. The molecule has 0 aliphatic carbocycles. The van der Waals surface area contributed by atoms with Crippen LogP contribution < -0.4 is 0 Å². The molecule has 0 spiro atoms. The van der Waals surface area contributed by atoms with Crippen LogP contribution in [0, 0.1) is 0 Å². The molecule has 2 unspecified atom stereocenters. The maximum atomic E-state index is 5.71. The van der Waals surface area contributed by atoms with Gasteiger partial charge in [0.2, 0.25) is 0 Å². The van der Waals surface area contributed by atoms with E-state index in [9.17, 15) is 0 Å². The average molecular weight is 231 g/mol. The zero-order chi connectivity index (χ0) is 9.26. The van der Waals surface area contributed by atoms with Crippen molar-refractivity contribution in [3.63, 3.8) is 0 Å². The van der Waals surface area contributed by atoms with Crippen LogP contribution in [0.2, 0.25) is 4.51 Å². The molecule has 0 amide bonds. The summed E-state index contributed by atoms with van der Waals surface area (Å²) in [4.78, 5) is 0. The molecule has 2 rings (SSSR count). The summed E-state index contributed by atoms with van der Waals surface area (Å²) in [5.41, 5.74) is 1.24. The van der Waals surface area contributed by atoms with Gasteiger partial charge in [-0.3, -0.25) is 0 Å². The third-order valence-corrected chi connectivity index (χ3v) is 4.05. The van der Waals surface area contributed by atoms with Gasteiger partial charge >= 0.3 is 87.9 Å². The predicted octanol–water partition coefficient (Wildman–Crippen LogP) is 1.61. The number of hydrogen-bond acceptors (Lipinski definition) is 2. The van der Waals surface area contributed by atoms with E-state index in [0.717, 1.165) is 11.1 Å². The third kappa shape index (κ3) is 2.18. The van der Waals surface area contributed by atoms with Crippen LogP contribution in [0.25, 0.3) is 0 Å². The summed E-state index contributed by atoms with van der Waals surface area (Å²) in [7, 11) is 1.95. The van der Waals surface area contributed by atoms with Crippen molar-refractivity contribution in [3.05, 3.63) is 18.0 Å². The van der Waals surface area contributed by atoms with Crippen molar-refractivity contribution in [3.8, 4) is 0 Å². The zero-order valence-electron chi connectivity index (χ0n) is 7.94. The third-order valence-electron chi connectivity index (χ3n) is 2.49. The van der Waals surface area contributed by atoms with Crippen molar-refractivity contribution in [2.45, 2.75) is 23.5 Å². The van der Waals surface area contributed by atoms with Crippen molar-refractivity contribution in [1.82, 2.24) is 9.78 Å². The Kier molecular flexibility index (Phi) is 2.80. The van der Waals surface area contributed by atoms with E-state index < -0.39 is 0 Å². The fraction of sp³-hybridized carbons (Fsp3) is 0.667. The Morgan fingerprint density at radius 2 is 2.54 bits per heavy atom. The van der Waals surface area contributed by atoms with Crippen LogP contribution in [0.3, 0.4) is 0 Å². The molecular weight excluding hydrogens is 218 g/mol. The second-order valence-electron chi connectivity index (χ2n) is 3.70. The molecule has 1 aromatic heterocycles. The minimum atomic E-state index is 0.307. The first-order valence-electron chi connectivity index (χ1n) is 4.69. The van der Waals surface area contributed by atoms with Crippen molar-refractivity contribution >= 4 is 0 Å². The zero-order valence-corrected chi connectivity index (χ0v) is 10.9. The molecule has 1 fully saturated rings. The fourth-order valence-electron chi connectivity index (χ4n) is 1.70. The molecule has 67 valence electrons. The Balaban J connectivity index is 2.08. The number of aryl methyl sites for hydroxylation is 1. The molecule has 3 nitrogen and oxygen atoms in total. The van der Waals surface area contributed by atoms with Crippen molar-refractivity contribution in [1.29, 1.82) is 0 Å². The minimum absolute atomic E-state index is 0.307. The maximum absolute atomic E-state index is 5.71. The molecule has 4 heteroatoms. The van der Waals surface area contributed by atoms with Gasteiger partial charge in [0.05, 0.1) is 0 Å². The summed E-state index contributed by atoms with van der Waals surface area (Å²) in [5.74, 6) is 0. The van der Waals surface area contributed by atoms with Crippen molar-refractivity contribution in [2.75, 3.05) is 6.61 Å². The molecule has 1 aliphatic heterocycles. The van der Waals surface area contributed by atoms with Crippen LogP contribution >= 0.6 is 0 Å². The Morgan fingerprint density at radius 3 is 3.15 bits per heavy atom. The normalized spacial score (nSPS) is 29.2. The molecule has 1 aromatic rings. The monoisotopic (exact) mass is 229 g/mol. The van der Waals surface area contributed by atoms with Crippen LogP contribution in [-0.4, -0.2) is 16.4 Å². The summed E-state index contributed by atoms with van der Waals surface area (Å²) >= 11 is 1.39. The fourth-order valence-corrected chi connectivity index (χ4v) is 2.69. The van der Waals surface area contributed by atoms with Gasteiger partial charge in [0.1, 0.15) is 0 Å². The number of aromatic nitrogens is 2. The number of nitrogens with zero attached hydrogens (tertiary/aromatic N) is 2. The van der Waals surface area contributed by atoms with E-state index in [1.165, 1.54) is 36.7 Å². The summed E-state index contributed by atoms with van der Waals surface area (Å²) in [6.07, 6.45) is 6.72. The topological polar surface area (TPSA) is 27.1 Å². The van der Waals surface area contributed by atoms with Gasteiger partial charge in [-0.2, -0.15) is 0 Å². The first kappa shape index (κ1) is 9.35. The summed E-state index contributed by atoms with van der Waals surface area (Å²) in [6, 6.07) is 0. The molecule has 0 aromatic carbocycles. The molecule has 1 saturated heterocycles. The van der Waals surface area contributed by atoms with Gasteiger partial charge in [0, 0.05) is 0 Å². The Hall–Kier alpha value is -0.207. The van der Waals surface area contributed by atoms with Gasteiger partial charge < -0.3 is 0 Å². The van der Waals surface area contributed by atoms with Gasteiger partial charge in [0.15, 0.2) is 0 Å². The van der Waals surface area contributed by atoms with Crippen LogP contribution in [-0.2, 0) is 30.1 Å². The van der Waals surface area contributed by atoms with E-state index in [2.05, 4.69) is 11.3 Å². The van der Waals surface area contributed by atoms with Crippen LogP contribution in [0.15, 0.2) is 12.4 Å². The molecule has 0 radical (unpaired) electrons. The SMILES string of the molecule is Cn1cc(C2C[CH]([Zn])CCO2)cn1. The number of rotatable bonds is 1. The van der Waals surface area contributed by atoms with Gasteiger partial charge in [-0.15, -0.1) is 0 Å². The van der Waals surface area contributed by atoms with Crippen LogP contribution in [0.5, 0.6) is 0 Å². The van der Waals surface area contributed by atoms with Crippen LogP contribution in [0.1, 0.15) is 24.5 Å². The Morgan fingerprint density at radius 1 is 1.69 bits per heavy atom. The van der Waals surface area contributed by atoms with E-state index in [1.807, 2.05) is 17.9 Å². The van der Waals surface area contributed by atoms with Gasteiger partial charge in [-0.1, -0.05) is 0 Å². The molecular formula is C9H13N2OZn. The average Bonchev–Trinajstić information content (AvgIpc) is 2.52. The Bertz CT molecular complexity index is 287. The van der Waals surface area contributed by atoms with Gasteiger partial charge in [-0.25, -0.2) is 0 Å². The second kappa shape index (κ2) is 3.89. The Labute approximate surface area is 88.1 Å². The first-order valence-corrected chi connectivity index (χ1v) is 6.40. The standard InChI is InChI=1S/C9H13N2O.Zn/c1-11-7-8(6-10-11)9-4-2-3-5-12-9;/h2,6-7,9H,3-5H2,1H3;. The van der Waals surface area contributed by atoms with E-state index >= 15 is 0 Å². The molecule has 0 saturated carbocycles. The summed E-state index contributed by atoms with van der Waals surface area (Å²) in [6.45, 7) is 0.921. The molecule has 2 heterocycles. The van der Waals surface area contributed by atoms with E-state index in [1.54, 1.807) is 0 Å². The molecule has 13 heavy (non-hydrogen) atoms. The number of ether oxygens (including phenoxy) is 1. The molecule has 1 aliphatic rings. The first-order chi connectivity index (χ1) is 6.25. The van der Waals surface area contributed by atoms with E-state index in [0.29, 0.717) is 6.10 Å². The quantitative estimate of drug-likeness (QED) is 0.686. The predicted molar refractivity (Wildman–Crippen MR) is 44.9 cm³/mol. The van der Waals surface area contributed by atoms with Crippen LogP contribution in [0.4, 0.5) is 0 Å². The summed E-state index contributed by atoms with van der Waals surface area (Å²) < 4.78 is 8.46. The van der Waals surface area contributed by atoms with Crippen molar-refractivity contribution < 1.29 is 23.0 Å². The second-order valence-corrected chi connectivity index (χ2v) is 6.12. The van der Waals surface area contributed by atoms with Gasteiger partial charge in [-0.05, 0) is 0 Å². The van der Waals surface area contributed by atoms with Crippen molar-refractivity contribution in [2.24, 2.45) is 7.05 Å².